The molecular weight excluding hydrogens is 128 g/mol. The summed E-state index contributed by atoms with van der Waals surface area (Å²) in [5.74, 6) is -0.186. The standard InChI is InChI=1S/C8H13O2/c1-4-7(3)6-10-8(9)5-2/h1,3-6H2,2H3. The van der Waals surface area contributed by atoms with E-state index >= 15 is 0 Å². The number of hydrogen-bond acceptors (Lipinski definition) is 2. The van der Waals surface area contributed by atoms with Crippen molar-refractivity contribution in [1.82, 2.24) is 0 Å². The number of esters is 1. The minimum absolute atomic E-state index is 0.186. The summed E-state index contributed by atoms with van der Waals surface area (Å²) in [7, 11) is 0. The fourth-order valence-corrected chi connectivity index (χ4v) is 0.357. The second-order valence-electron chi connectivity index (χ2n) is 2.01. The lowest BCUT2D eigenvalue weighted by Gasteiger charge is -2.02. The van der Waals surface area contributed by atoms with Crippen molar-refractivity contribution in [3.8, 4) is 0 Å². The topological polar surface area (TPSA) is 26.3 Å². The molecule has 0 unspecified atom stereocenters. The van der Waals surface area contributed by atoms with Crippen LogP contribution in [0.15, 0.2) is 12.2 Å². The Morgan fingerprint density at radius 3 is 2.60 bits per heavy atom. The van der Waals surface area contributed by atoms with E-state index in [-0.39, 0.29) is 5.97 Å². The number of carbonyl (C=O) groups excluding carboxylic acids is 1. The highest BCUT2D eigenvalue weighted by atomic mass is 16.5. The van der Waals surface area contributed by atoms with E-state index in [1.807, 2.05) is 0 Å². The first kappa shape index (κ1) is 9.21. The van der Waals surface area contributed by atoms with Gasteiger partial charge < -0.3 is 4.74 Å². The lowest BCUT2D eigenvalue weighted by molar-refractivity contribution is -0.142. The van der Waals surface area contributed by atoms with Crippen LogP contribution in [0, 0.1) is 6.92 Å². The molecule has 0 aliphatic rings. The van der Waals surface area contributed by atoms with E-state index in [9.17, 15) is 4.79 Å². The third-order valence-corrected chi connectivity index (χ3v) is 1.08. The number of ether oxygens (including phenoxy) is 1. The summed E-state index contributed by atoms with van der Waals surface area (Å²) < 4.78 is 4.77. The van der Waals surface area contributed by atoms with Crippen LogP contribution in [0.5, 0.6) is 0 Å². The van der Waals surface area contributed by atoms with E-state index in [2.05, 4.69) is 13.5 Å². The molecular formula is C8H13O2. The van der Waals surface area contributed by atoms with Gasteiger partial charge in [0, 0.05) is 6.42 Å². The minimum atomic E-state index is -0.186. The van der Waals surface area contributed by atoms with Crippen LogP contribution in [-0.4, -0.2) is 12.6 Å². The van der Waals surface area contributed by atoms with E-state index in [1.54, 1.807) is 6.92 Å². The van der Waals surface area contributed by atoms with Crippen LogP contribution in [0.2, 0.25) is 0 Å². The molecule has 0 saturated heterocycles. The number of rotatable bonds is 4. The van der Waals surface area contributed by atoms with Gasteiger partial charge in [0.25, 0.3) is 0 Å². The molecule has 0 atom stereocenters. The molecule has 0 spiro atoms. The van der Waals surface area contributed by atoms with Gasteiger partial charge in [0.1, 0.15) is 6.61 Å². The molecule has 0 fully saturated rings. The SMILES string of the molecule is [CH2]CC(=C)COC(=O)CC. The molecule has 2 heteroatoms. The van der Waals surface area contributed by atoms with Gasteiger partial charge in [0.2, 0.25) is 0 Å². The maximum absolute atomic E-state index is 10.5. The summed E-state index contributed by atoms with van der Waals surface area (Å²) >= 11 is 0. The Labute approximate surface area is 61.9 Å². The van der Waals surface area contributed by atoms with Crippen molar-refractivity contribution in [1.29, 1.82) is 0 Å². The Hall–Kier alpha value is -0.790. The molecule has 0 aromatic heterocycles. The summed E-state index contributed by atoms with van der Waals surface area (Å²) in [4.78, 5) is 10.5. The van der Waals surface area contributed by atoms with Crippen molar-refractivity contribution < 1.29 is 9.53 Å². The van der Waals surface area contributed by atoms with Gasteiger partial charge >= 0.3 is 5.97 Å². The molecule has 0 heterocycles. The zero-order valence-corrected chi connectivity index (χ0v) is 6.35. The summed E-state index contributed by atoms with van der Waals surface area (Å²) in [5, 5.41) is 0. The van der Waals surface area contributed by atoms with Crippen LogP contribution < -0.4 is 0 Å². The van der Waals surface area contributed by atoms with Crippen molar-refractivity contribution in [2.75, 3.05) is 6.61 Å². The van der Waals surface area contributed by atoms with Crippen LogP contribution in [0.3, 0.4) is 0 Å². The Balaban J connectivity index is 3.35. The second kappa shape index (κ2) is 5.03. The van der Waals surface area contributed by atoms with E-state index < -0.39 is 0 Å². The quantitative estimate of drug-likeness (QED) is 0.440. The second-order valence-corrected chi connectivity index (χ2v) is 2.01. The van der Waals surface area contributed by atoms with Gasteiger partial charge in [-0.1, -0.05) is 13.5 Å². The van der Waals surface area contributed by atoms with Crippen LogP contribution in [-0.2, 0) is 9.53 Å². The maximum Gasteiger partial charge on any atom is 0.305 e. The van der Waals surface area contributed by atoms with Crippen LogP contribution in [0.25, 0.3) is 0 Å². The smallest absolute Gasteiger partial charge is 0.305 e. The Bertz CT molecular complexity index is 111. The van der Waals surface area contributed by atoms with E-state index in [4.69, 9.17) is 4.74 Å². The molecule has 0 aromatic rings. The molecule has 0 amide bonds. The highest BCUT2D eigenvalue weighted by molar-refractivity contribution is 5.69. The predicted octanol–water partition coefficient (Wildman–Crippen LogP) is 1.72. The average molecular weight is 141 g/mol. The maximum atomic E-state index is 10.5. The normalized spacial score (nSPS) is 9.00. The van der Waals surface area contributed by atoms with Gasteiger partial charge in [0.15, 0.2) is 0 Å². The van der Waals surface area contributed by atoms with Crippen molar-refractivity contribution in [2.24, 2.45) is 0 Å². The van der Waals surface area contributed by atoms with Crippen molar-refractivity contribution in [2.45, 2.75) is 19.8 Å². The molecule has 0 aliphatic carbocycles. The predicted molar refractivity (Wildman–Crippen MR) is 40.4 cm³/mol. The third kappa shape index (κ3) is 4.13. The first-order chi connectivity index (χ1) is 4.70. The van der Waals surface area contributed by atoms with Crippen LogP contribution in [0.4, 0.5) is 0 Å². The molecule has 57 valence electrons. The fraction of sp³-hybridized carbons (Fsp3) is 0.500. The number of carbonyl (C=O) groups is 1. The lowest BCUT2D eigenvalue weighted by Crippen LogP contribution is -2.04. The van der Waals surface area contributed by atoms with Crippen molar-refractivity contribution in [3.05, 3.63) is 19.1 Å². The molecule has 0 saturated carbocycles. The summed E-state index contributed by atoms with van der Waals surface area (Å²) in [6, 6.07) is 0. The van der Waals surface area contributed by atoms with E-state index in [0.29, 0.717) is 19.4 Å². The fourth-order valence-electron chi connectivity index (χ4n) is 0.357. The number of hydrogen-bond donors (Lipinski definition) is 0. The first-order valence-corrected chi connectivity index (χ1v) is 3.32. The summed E-state index contributed by atoms with van der Waals surface area (Å²) in [6.07, 6.45) is 1.04. The van der Waals surface area contributed by atoms with Gasteiger partial charge in [-0.2, -0.15) is 0 Å². The van der Waals surface area contributed by atoms with Gasteiger partial charge in [-0.05, 0) is 18.9 Å². The van der Waals surface area contributed by atoms with E-state index in [0.717, 1.165) is 5.57 Å². The molecule has 0 rings (SSSR count). The Morgan fingerprint density at radius 2 is 2.20 bits per heavy atom. The monoisotopic (exact) mass is 141 g/mol. The van der Waals surface area contributed by atoms with Crippen LogP contribution in [0.1, 0.15) is 19.8 Å². The zero-order chi connectivity index (χ0) is 7.98. The van der Waals surface area contributed by atoms with Gasteiger partial charge in [0.05, 0.1) is 0 Å². The first-order valence-electron chi connectivity index (χ1n) is 3.32. The van der Waals surface area contributed by atoms with Gasteiger partial charge in [-0.3, -0.25) is 4.79 Å². The molecule has 2 nitrogen and oxygen atoms in total. The molecule has 0 aliphatic heterocycles. The van der Waals surface area contributed by atoms with Crippen molar-refractivity contribution >= 4 is 5.97 Å². The molecule has 10 heavy (non-hydrogen) atoms. The minimum Gasteiger partial charge on any atom is -0.461 e. The van der Waals surface area contributed by atoms with Gasteiger partial charge in [-0.25, -0.2) is 0 Å². The average Bonchev–Trinajstić information content (AvgIpc) is 1.99. The molecule has 0 bridgehead atoms. The molecule has 1 radical (unpaired) electrons. The molecule has 0 aromatic carbocycles. The molecule has 0 N–H and O–H groups in total. The van der Waals surface area contributed by atoms with Crippen molar-refractivity contribution in [3.63, 3.8) is 0 Å². The lowest BCUT2D eigenvalue weighted by atomic mass is 10.2. The third-order valence-electron chi connectivity index (χ3n) is 1.08. The highest BCUT2D eigenvalue weighted by Crippen LogP contribution is 1.97. The highest BCUT2D eigenvalue weighted by Gasteiger charge is 1.97. The largest absolute Gasteiger partial charge is 0.461 e. The van der Waals surface area contributed by atoms with Crippen LogP contribution >= 0.6 is 0 Å². The zero-order valence-electron chi connectivity index (χ0n) is 6.35. The summed E-state index contributed by atoms with van der Waals surface area (Å²) in [6.45, 7) is 9.31. The van der Waals surface area contributed by atoms with Gasteiger partial charge in [-0.15, -0.1) is 0 Å². The van der Waals surface area contributed by atoms with E-state index in [1.165, 1.54) is 0 Å². The summed E-state index contributed by atoms with van der Waals surface area (Å²) in [5.41, 5.74) is 0.849. The Morgan fingerprint density at radius 1 is 1.60 bits per heavy atom. The Kier molecular flexibility index (Phi) is 4.63.